The molecule has 0 aromatic heterocycles. The lowest BCUT2D eigenvalue weighted by Crippen LogP contribution is -2.55. The summed E-state index contributed by atoms with van der Waals surface area (Å²) in [4.78, 5) is 27.1. The fourth-order valence-electron chi connectivity index (χ4n) is 4.10. The summed E-state index contributed by atoms with van der Waals surface area (Å²) in [5.41, 5.74) is 3.00. The van der Waals surface area contributed by atoms with Gasteiger partial charge in [0.1, 0.15) is 11.0 Å². The molecule has 0 radical (unpaired) electrons. The number of carbonyl (C=O) groups is 2. The Labute approximate surface area is 173 Å². The highest BCUT2D eigenvalue weighted by atomic mass is 32.1. The highest BCUT2D eigenvalue weighted by molar-refractivity contribution is 7.80. The van der Waals surface area contributed by atoms with E-state index >= 15 is 0 Å². The summed E-state index contributed by atoms with van der Waals surface area (Å²) in [6.07, 6.45) is -0.304. The maximum absolute atomic E-state index is 13.2. The number of nitrogens with two attached hydrogens (primary N) is 2. The van der Waals surface area contributed by atoms with Crippen LogP contribution in [0.4, 0.5) is 0 Å². The number of hydrogen-bond acceptors (Lipinski definition) is 6. The Morgan fingerprint density at radius 2 is 1.57 bits per heavy atom. The van der Waals surface area contributed by atoms with E-state index < -0.39 is 12.1 Å². The SMILES string of the molecule is C[N+]1(N)C(=S)c2ccccc2C1C(=O)CC(=O)C1c2ccccc2C(=S)N1N. The van der Waals surface area contributed by atoms with Crippen molar-refractivity contribution in [3.63, 3.8) is 0 Å². The molecular formula is C20H19N4O2S2+. The first kappa shape index (κ1) is 19.0. The van der Waals surface area contributed by atoms with Gasteiger partial charge >= 0.3 is 0 Å². The first-order valence-corrected chi connectivity index (χ1v) is 9.58. The first-order chi connectivity index (χ1) is 13.2. The first-order valence-electron chi connectivity index (χ1n) is 8.76. The van der Waals surface area contributed by atoms with Crippen LogP contribution < -0.4 is 11.7 Å². The van der Waals surface area contributed by atoms with Crippen LogP contribution in [0.25, 0.3) is 0 Å². The van der Waals surface area contributed by atoms with Crippen molar-refractivity contribution in [2.75, 3.05) is 7.05 Å². The van der Waals surface area contributed by atoms with Gasteiger partial charge in [-0.3, -0.25) is 14.6 Å². The monoisotopic (exact) mass is 411 g/mol. The predicted molar refractivity (Wildman–Crippen MR) is 113 cm³/mol. The number of rotatable bonds is 4. The van der Waals surface area contributed by atoms with Gasteiger partial charge in [-0.2, -0.15) is 10.4 Å². The third kappa shape index (κ3) is 2.65. The van der Waals surface area contributed by atoms with Crippen molar-refractivity contribution in [1.29, 1.82) is 0 Å². The molecule has 4 rings (SSSR count). The van der Waals surface area contributed by atoms with E-state index in [9.17, 15) is 9.59 Å². The lowest BCUT2D eigenvalue weighted by atomic mass is 9.94. The fourth-order valence-corrected chi connectivity index (χ4v) is 4.68. The van der Waals surface area contributed by atoms with Crippen LogP contribution in [-0.2, 0) is 9.59 Å². The minimum Gasteiger partial charge on any atom is -0.296 e. The summed E-state index contributed by atoms with van der Waals surface area (Å²) in [5.74, 6) is 11.8. The van der Waals surface area contributed by atoms with Gasteiger partial charge in [-0.25, -0.2) is 5.84 Å². The summed E-state index contributed by atoms with van der Waals surface area (Å²) in [6, 6.07) is 13.2. The molecule has 28 heavy (non-hydrogen) atoms. The Morgan fingerprint density at radius 3 is 2.25 bits per heavy atom. The van der Waals surface area contributed by atoms with Gasteiger partial charge in [0, 0.05) is 11.1 Å². The zero-order valence-electron chi connectivity index (χ0n) is 15.2. The van der Waals surface area contributed by atoms with Gasteiger partial charge in [0.25, 0.3) is 0 Å². The van der Waals surface area contributed by atoms with E-state index in [1.54, 1.807) is 7.05 Å². The van der Waals surface area contributed by atoms with E-state index in [-0.39, 0.29) is 22.6 Å². The summed E-state index contributed by atoms with van der Waals surface area (Å²) in [7, 11) is 1.69. The second kappa shape index (κ2) is 6.61. The minimum absolute atomic E-state index is 0.257. The Balaban J connectivity index is 1.64. The zero-order valence-corrected chi connectivity index (χ0v) is 16.8. The van der Waals surface area contributed by atoms with Crippen molar-refractivity contribution in [2.45, 2.75) is 18.5 Å². The normalized spacial score (nSPS) is 25.6. The van der Waals surface area contributed by atoms with Gasteiger partial charge < -0.3 is 0 Å². The van der Waals surface area contributed by atoms with Gasteiger partial charge in [0.15, 0.2) is 11.8 Å². The standard InChI is InChI=1S/C20H19N4O2S2/c1-24(22)18(12-7-3-5-9-14(12)20(24)28)16(26)10-15(25)17-11-6-2-4-8-13(11)19(27)23(17)21/h2-9,17-18H,10,21-22H2,1H3/q+1. The Morgan fingerprint density at radius 1 is 1.00 bits per heavy atom. The van der Waals surface area contributed by atoms with Gasteiger partial charge in [-0.05, 0) is 23.8 Å². The van der Waals surface area contributed by atoms with Crippen molar-refractivity contribution in [3.8, 4) is 0 Å². The van der Waals surface area contributed by atoms with E-state index in [1.165, 1.54) is 5.01 Å². The number of carbonyl (C=O) groups excluding carboxylic acids is 2. The van der Waals surface area contributed by atoms with Gasteiger partial charge in [0.05, 0.1) is 19.0 Å². The molecule has 0 saturated carbocycles. The number of hydrogen-bond donors (Lipinski definition) is 2. The average Bonchev–Trinajstić information content (AvgIpc) is 3.03. The molecule has 3 atom stereocenters. The van der Waals surface area contributed by atoms with Gasteiger partial charge in [0.2, 0.25) is 10.8 Å². The summed E-state index contributed by atoms with van der Waals surface area (Å²) in [6.45, 7) is 0. The predicted octanol–water partition coefficient (Wildman–Crippen LogP) is 1.87. The van der Waals surface area contributed by atoms with Crippen molar-refractivity contribution in [2.24, 2.45) is 11.7 Å². The van der Waals surface area contributed by atoms with Gasteiger partial charge in [-0.15, -0.1) is 0 Å². The molecule has 0 saturated heterocycles. The number of fused-ring (bicyclic) bond motifs is 2. The molecule has 142 valence electrons. The van der Waals surface area contributed by atoms with E-state index in [2.05, 4.69) is 0 Å². The molecule has 4 N–H and O–H groups in total. The van der Waals surface area contributed by atoms with Crippen LogP contribution in [-0.4, -0.2) is 38.2 Å². The molecule has 0 aliphatic carbocycles. The molecular weight excluding hydrogens is 392 g/mol. The van der Waals surface area contributed by atoms with Crippen LogP contribution in [0.15, 0.2) is 48.5 Å². The molecule has 3 unspecified atom stereocenters. The van der Waals surface area contributed by atoms with Crippen LogP contribution >= 0.6 is 24.4 Å². The lowest BCUT2D eigenvalue weighted by molar-refractivity contribution is -0.848. The third-order valence-corrected chi connectivity index (χ3v) is 6.46. The van der Waals surface area contributed by atoms with Gasteiger partial charge in [-0.1, -0.05) is 54.7 Å². The van der Waals surface area contributed by atoms with Crippen molar-refractivity contribution in [3.05, 3.63) is 70.8 Å². The summed E-state index contributed by atoms with van der Waals surface area (Å²) in [5, 5.41) is 1.26. The molecule has 2 heterocycles. The fraction of sp³-hybridized carbons (Fsp3) is 0.200. The van der Waals surface area contributed by atoms with E-state index in [1.807, 2.05) is 48.5 Å². The molecule has 2 aromatic carbocycles. The number of benzene rings is 2. The number of Topliss-reactive ketones (excluding diaryl/α,β-unsaturated/α-hetero) is 2. The molecule has 0 fully saturated rings. The minimum atomic E-state index is -0.771. The summed E-state index contributed by atoms with van der Waals surface area (Å²) >= 11 is 10.8. The number of nitrogens with zero attached hydrogens (tertiary/aromatic N) is 2. The number of quaternary nitrogens is 1. The highest BCUT2D eigenvalue weighted by Crippen LogP contribution is 2.39. The quantitative estimate of drug-likeness (QED) is 0.344. The zero-order chi connectivity index (χ0) is 20.2. The highest BCUT2D eigenvalue weighted by Gasteiger charge is 2.50. The van der Waals surface area contributed by atoms with Crippen LogP contribution in [0.3, 0.4) is 0 Å². The molecule has 2 aromatic rings. The van der Waals surface area contributed by atoms with Crippen LogP contribution in [0.2, 0.25) is 0 Å². The molecule has 2 aliphatic heterocycles. The second-order valence-corrected chi connectivity index (χ2v) is 8.03. The smallest absolute Gasteiger partial charge is 0.225 e. The molecule has 6 nitrogen and oxygen atoms in total. The Hall–Kier alpha value is -2.36. The van der Waals surface area contributed by atoms with Crippen molar-refractivity contribution >= 4 is 46.0 Å². The van der Waals surface area contributed by atoms with Crippen LogP contribution in [0.1, 0.15) is 40.8 Å². The number of hydrazine groups is 1. The molecule has 8 heteroatoms. The third-order valence-electron chi connectivity index (χ3n) is 5.42. The Kier molecular flexibility index (Phi) is 4.48. The average molecular weight is 412 g/mol. The summed E-state index contributed by atoms with van der Waals surface area (Å²) < 4.78 is -0.257. The van der Waals surface area contributed by atoms with Crippen LogP contribution in [0.5, 0.6) is 0 Å². The maximum atomic E-state index is 13.2. The number of likely N-dealkylation sites (N-methyl/N-ethyl adjacent to an activating group) is 1. The molecule has 0 bridgehead atoms. The van der Waals surface area contributed by atoms with E-state index in [0.717, 1.165) is 22.3 Å². The number of ketones is 2. The lowest BCUT2D eigenvalue weighted by Gasteiger charge is -2.29. The van der Waals surface area contributed by atoms with Crippen molar-refractivity contribution < 1.29 is 14.2 Å². The number of thiocarbonyl (C=S) groups is 2. The second-order valence-electron chi connectivity index (χ2n) is 7.25. The van der Waals surface area contributed by atoms with E-state index in [0.29, 0.717) is 9.98 Å². The van der Waals surface area contributed by atoms with E-state index in [4.69, 9.17) is 36.1 Å². The Bertz CT molecular complexity index is 1050. The molecule has 0 amide bonds. The maximum Gasteiger partial charge on any atom is 0.225 e. The topological polar surface area (TPSA) is 89.4 Å². The largest absolute Gasteiger partial charge is 0.296 e. The van der Waals surface area contributed by atoms with Crippen molar-refractivity contribution in [1.82, 2.24) is 5.01 Å². The molecule has 0 spiro atoms. The van der Waals surface area contributed by atoms with Crippen LogP contribution in [0, 0.1) is 0 Å². The molecule has 2 aliphatic rings.